The first-order valence-corrected chi connectivity index (χ1v) is 14.1. The van der Waals surface area contributed by atoms with Crippen molar-refractivity contribution in [1.29, 1.82) is 0 Å². The summed E-state index contributed by atoms with van der Waals surface area (Å²) in [6.07, 6.45) is 2.85. The van der Waals surface area contributed by atoms with Crippen molar-refractivity contribution >= 4 is 33.4 Å². The van der Waals surface area contributed by atoms with E-state index in [2.05, 4.69) is 35.6 Å². The molecule has 0 bridgehead atoms. The molecule has 1 saturated heterocycles. The summed E-state index contributed by atoms with van der Waals surface area (Å²) in [5.74, 6) is -0.580. The van der Waals surface area contributed by atoms with Gasteiger partial charge in [0.25, 0.3) is 0 Å². The molecule has 5 rings (SSSR count). The summed E-state index contributed by atoms with van der Waals surface area (Å²) in [5, 5.41) is 13.1. The number of carbonyl (C=O) groups is 2. The predicted octanol–water partition coefficient (Wildman–Crippen LogP) is 5.89. The Morgan fingerprint density at radius 3 is 2.53 bits per heavy atom. The second-order valence-corrected chi connectivity index (χ2v) is 10.9. The van der Waals surface area contributed by atoms with Gasteiger partial charge in [-0.15, -0.1) is 11.3 Å². The Morgan fingerprint density at radius 2 is 1.79 bits per heavy atom. The van der Waals surface area contributed by atoms with Crippen LogP contribution in [0.1, 0.15) is 55.3 Å². The maximum atomic E-state index is 14.1. The third-order valence-electron chi connectivity index (χ3n) is 7.25. The maximum Gasteiger partial charge on any atom is 0.250 e. The fourth-order valence-corrected chi connectivity index (χ4v) is 6.30. The molecule has 4 aromatic rings. The van der Waals surface area contributed by atoms with Crippen molar-refractivity contribution in [1.82, 2.24) is 15.2 Å². The molecule has 7 heteroatoms. The first-order valence-electron chi connectivity index (χ1n) is 13.3. The fourth-order valence-electron chi connectivity index (χ4n) is 5.16. The van der Waals surface area contributed by atoms with Gasteiger partial charge >= 0.3 is 0 Å². The zero-order chi connectivity index (χ0) is 26.5. The summed E-state index contributed by atoms with van der Waals surface area (Å²) in [6, 6.07) is 25.0. The Morgan fingerprint density at radius 1 is 1.05 bits per heavy atom. The highest BCUT2D eigenvalue weighted by Crippen LogP contribution is 2.40. The van der Waals surface area contributed by atoms with Crippen LogP contribution in [0.25, 0.3) is 21.3 Å². The second kappa shape index (κ2) is 11.9. The Bertz CT molecular complexity index is 1390. The van der Waals surface area contributed by atoms with Crippen LogP contribution < -0.4 is 5.32 Å². The molecule has 38 heavy (non-hydrogen) atoms. The zero-order valence-corrected chi connectivity index (χ0v) is 22.4. The van der Waals surface area contributed by atoms with E-state index in [1.807, 2.05) is 60.4 Å². The average molecular weight is 528 g/mol. The van der Waals surface area contributed by atoms with E-state index < -0.39 is 6.04 Å². The van der Waals surface area contributed by atoms with Gasteiger partial charge in [-0.05, 0) is 42.9 Å². The molecule has 2 amide bonds. The molecule has 1 fully saturated rings. The quantitative estimate of drug-likeness (QED) is 0.284. The molecular weight excluding hydrogens is 494 g/mol. The Balaban J connectivity index is 1.44. The van der Waals surface area contributed by atoms with E-state index in [1.165, 1.54) is 0 Å². The molecular formula is C31H33N3O3S. The highest BCUT2D eigenvalue weighted by Gasteiger charge is 2.37. The van der Waals surface area contributed by atoms with Gasteiger partial charge in [0.1, 0.15) is 11.0 Å². The highest BCUT2D eigenvalue weighted by molar-refractivity contribution is 7.18. The van der Waals surface area contributed by atoms with Gasteiger partial charge in [-0.25, -0.2) is 4.98 Å². The Kier molecular flexibility index (Phi) is 8.15. The number of amides is 2. The summed E-state index contributed by atoms with van der Waals surface area (Å²) in [4.78, 5) is 34.0. The molecule has 2 heterocycles. The fraction of sp³-hybridized carbons (Fsp3) is 0.323. The van der Waals surface area contributed by atoms with Crippen molar-refractivity contribution in [2.75, 3.05) is 13.2 Å². The number of hydrogen-bond donors (Lipinski definition) is 2. The Labute approximate surface area is 227 Å². The SMILES string of the molecule is C[C@@H](CCCO)C(=O)N[C@H](C(=O)N1CCC[C@H]1c1nc2c(-c3ccccc3)cccc2s1)c1ccccc1. The third kappa shape index (κ3) is 5.49. The number of hydrogen-bond acceptors (Lipinski definition) is 5. The van der Waals surface area contributed by atoms with Crippen LogP contribution in [0.3, 0.4) is 0 Å². The smallest absolute Gasteiger partial charge is 0.250 e. The predicted molar refractivity (Wildman–Crippen MR) is 152 cm³/mol. The van der Waals surface area contributed by atoms with Crippen LogP contribution >= 0.6 is 11.3 Å². The normalized spacial score (nSPS) is 16.9. The number of aromatic nitrogens is 1. The maximum absolute atomic E-state index is 14.1. The van der Waals surface area contributed by atoms with Crippen molar-refractivity contribution in [3.8, 4) is 11.1 Å². The molecule has 0 unspecified atom stereocenters. The standard InChI is InChI=1S/C31H33N3O3S/c1-21(11-10-20-35)29(36)32-27(23-14-6-3-7-15-23)31(37)34-19-9-17-25(34)30-33-28-24(16-8-18-26(28)38-30)22-12-4-2-5-13-22/h2-8,12-16,18,21,25,27,35H,9-11,17,19-20H2,1H3,(H,32,36)/t21-,25-,27-/m0/s1. The van der Waals surface area contributed by atoms with Crippen molar-refractivity contribution in [2.45, 2.75) is 44.7 Å². The van der Waals surface area contributed by atoms with Crippen LogP contribution in [0, 0.1) is 5.92 Å². The number of aliphatic hydroxyl groups excluding tert-OH is 1. The molecule has 1 aromatic heterocycles. The lowest BCUT2D eigenvalue weighted by atomic mass is 10.0. The van der Waals surface area contributed by atoms with Crippen molar-refractivity contribution in [2.24, 2.45) is 5.92 Å². The number of fused-ring (bicyclic) bond motifs is 1. The van der Waals surface area contributed by atoms with E-state index in [-0.39, 0.29) is 30.4 Å². The zero-order valence-electron chi connectivity index (χ0n) is 21.5. The van der Waals surface area contributed by atoms with E-state index >= 15 is 0 Å². The van der Waals surface area contributed by atoms with E-state index in [4.69, 9.17) is 10.1 Å². The van der Waals surface area contributed by atoms with E-state index in [0.717, 1.165) is 44.8 Å². The van der Waals surface area contributed by atoms with Crippen molar-refractivity contribution < 1.29 is 14.7 Å². The van der Waals surface area contributed by atoms with Gasteiger partial charge < -0.3 is 15.3 Å². The van der Waals surface area contributed by atoms with E-state index in [1.54, 1.807) is 11.3 Å². The number of aliphatic hydroxyl groups is 1. The molecule has 0 aliphatic carbocycles. The summed E-state index contributed by atoms with van der Waals surface area (Å²) in [5.41, 5.74) is 3.94. The van der Waals surface area contributed by atoms with Crippen LogP contribution in [0.2, 0.25) is 0 Å². The van der Waals surface area contributed by atoms with Crippen LogP contribution in [0.5, 0.6) is 0 Å². The van der Waals surface area contributed by atoms with Gasteiger partial charge in [-0.1, -0.05) is 79.7 Å². The summed E-state index contributed by atoms with van der Waals surface area (Å²) < 4.78 is 1.10. The van der Waals surface area contributed by atoms with Crippen LogP contribution in [-0.4, -0.2) is 40.0 Å². The van der Waals surface area contributed by atoms with Crippen LogP contribution in [-0.2, 0) is 9.59 Å². The minimum absolute atomic E-state index is 0.0439. The molecule has 2 N–H and O–H groups in total. The van der Waals surface area contributed by atoms with Gasteiger partial charge in [-0.3, -0.25) is 9.59 Å². The monoisotopic (exact) mass is 527 g/mol. The largest absolute Gasteiger partial charge is 0.396 e. The molecule has 196 valence electrons. The van der Waals surface area contributed by atoms with Gasteiger partial charge in [0.15, 0.2) is 0 Å². The van der Waals surface area contributed by atoms with Gasteiger partial charge in [-0.2, -0.15) is 0 Å². The molecule has 3 aromatic carbocycles. The van der Waals surface area contributed by atoms with Gasteiger partial charge in [0.05, 0.1) is 16.3 Å². The van der Waals surface area contributed by atoms with E-state index in [9.17, 15) is 9.59 Å². The van der Waals surface area contributed by atoms with Crippen LogP contribution in [0.4, 0.5) is 0 Å². The number of benzene rings is 3. The lowest BCUT2D eigenvalue weighted by molar-refractivity contribution is -0.138. The molecule has 3 atom stereocenters. The van der Waals surface area contributed by atoms with E-state index in [0.29, 0.717) is 19.4 Å². The lowest BCUT2D eigenvalue weighted by Crippen LogP contribution is -2.44. The second-order valence-electron chi connectivity index (χ2n) is 9.88. The highest BCUT2D eigenvalue weighted by atomic mass is 32.1. The van der Waals surface area contributed by atoms with Crippen LogP contribution in [0.15, 0.2) is 78.9 Å². The molecule has 0 saturated carbocycles. The third-order valence-corrected chi connectivity index (χ3v) is 8.37. The van der Waals surface area contributed by atoms with Gasteiger partial charge in [0, 0.05) is 24.6 Å². The first-order chi connectivity index (χ1) is 18.6. The molecule has 6 nitrogen and oxygen atoms in total. The number of nitrogens with zero attached hydrogens (tertiary/aromatic N) is 2. The number of para-hydroxylation sites is 1. The Hall–Kier alpha value is -3.55. The molecule has 1 aliphatic rings. The van der Waals surface area contributed by atoms with Crippen molar-refractivity contribution in [3.05, 3.63) is 89.4 Å². The average Bonchev–Trinajstić information content (AvgIpc) is 3.62. The minimum Gasteiger partial charge on any atom is -0.396 e. The number of nitrogens with one attached hydrogen (secondary N) is 1. The lowest BCUT2D eigenvalue weighted by Gasteiger charge is -2.29. The number of carbonyl (C=O) groups excluding carboxylic acids is 2. The first kappa shape index (κ1) is 26.1. The summed E-state index contributed by atoms with van der Waals surface area (Å²) in [6.45, 7) is 2.51. The number of rotatable bonds is 9. The topological polar surface area (TPSA) is 82.5 Å². The molecule has 1 aliphatic heterocycles. The molecule has 0 radical (unpaired) electrons. The molecule has 0 spiro atoms. The van der Waals surface area contributed by atoms with Crippen molar-refractivity contribution in [3.63, 3.8) is 0 Å². The summed E-state index contributed by atoms with van der Waals surface area (Å²) in [7, 11) is 0. The van der Waals surface area contributed by atoms with Gasteiger partial charge in [0.2, 0.25) is 11.8 Å². The summed E-state index contributed by atoms with van der Waals surface area (Å²) >= 11 is 1.64. The number of likely N-dealkylation sites (tertiary alicyclic amines) is 1. The minimum atomic E-state index is -0.768. The number of thiazole rings is 1.